The van der Waals surface area contributed by atoms with Crippen LogP contribution in [0, 0.1) is 0 Å². The standard InChI is InChI=1S/C17H16ClF3N6O/c18-9-5-10-11(7-24-13(10)23-6-9)14-22-4-1-12(26-14)27-16(2-3-16)15(28)25-8-17(19,20)21/h1,4-6,11H,2-3,7-8H2,(H,23,24)(H,25,28)(H,22,26,27). The van der Waals surface area contributed by atoms with Crippen molar-refractivity contribution in [3.63, 3.8) is 0 Å². The Kier molecular flexibility index (Phi) is 4.53. The van der Waals surface area contributed by atoms with E-state index < -0.39 is 24.2 Å². The zero-order valence-corrected chi connectivity index (χ0v) is 15.2. The predicted octanol–water partition coefficient (Wildman–Crippen LogP) is 2.71. The lowest BCUT2D eigenvalue weighted by atomic mass is 10.0. The van der Waals surface area contributed by atoms with E-state index >= 15 is 0 Å². The maximum absolute atomic E-state index is 12.4. The monoisotopic (exact) mass is 412 g/mol. The van der Waals surface area contributed by atoms with E-state index in [2.05, 4.69) is 25.6 Å². The number of nitrogens with zero attached hydrogens (tertiary/aromatic N) is 3. The second-order valence-corrected chi connectivity index (χ2v) is 7.27. The first-order valence-electron chi connectivity index (χ1n) is 8.61. The van der Waals surface area contributed by atoms with Crippen LogP contribution in [-0.4, -0.2) is 45.7 Å². The summed E-state index contributed by atoms with van der Waals surface area (Å²) in [5, 5.41) is 8.57. The van der Waals surface area contributed by atoms with Crippen molar-refractivity contribution < 1.29 is 18.0 Å². The second kappa shape index (κ2) is 6.77. The fraction of sp³-hybridized carbons (Fsp3) is 0.412. The van der Waals surface area contributed by atoms with E-state index in [1.54, 1.807) is 24.5 Å². The number of amides is 1. The summed E-state index contributed by atoms with van der Waals surface area (Å²) in [6.07, 6.45) is -0.492. The van der Waals surface area contributed by atoms with Crippen LogP contribution >= 0.6 is 11.6 Å². The molecule has 1 aliphatic heterocycles. The highest BCUT2D eigenvalue weighted by atomic mass is 35.5. The van der Waals surface area contributed by atoms with Crippen LogP contribution in [0.25, 0.3) is 0 Å². The van der Waals surface area contributed by atoms with Crippen LogP contribution in [0.5, 0.6) is 0 Å². The normalized spacial score (nSPS) is 19.5. The average Bonchev–Trinajstić information content (AvgIpc) is 3.30. The summed E-state index contributed by atoms with van der Waals surface area (Å²) in [6.45, 7) is -0.814. The zero-order valence-electron chi connectivity index (χ0n) is 14.5. The van der Waals surface area contributed by atoms with Gasteiger partial charge in [-0.1, -0.05) is 11.6 Å². The second-order valence-electron chi connectivity index (χ2n) is 6.83. The molecule has 2 aliphatic rings. The minimum Gasteiger partial charge on any atom is -0.369 e. The minimum atomic E-state index is -4.45. The van der Waals surface area contributed by atoms with Crippen LogP contribution in [0.4, 0.5) is 24.8 Å². The number of anilines is 2. The van der Waals surface area contributed by atoms with Crippen molar-refractivity contribution in [2.75, 3.05) is 23.7 Å². The van der Waals surface area contributed by atoms with Gasteiger partial charge in [-0.25, -0.2) is 15.0 Å². The molecular formula is C17H16ClF3N6O. The summed E-state index contributed by atoms with van der Waals surface area (Å²) in [5.41, 5.74) is -0.193. The molecule has 3 heterocycles. The van der Waals surface area contributed by atoms with Crippen molar-refractivity contribution in [1.82, 2.24) is 20.3 Å². The third-order valence-electron chi connectivity index (χ3n) is 4.72. The molecule has 0 aromatic carbocycles. The molecule has 0 spiro atoms. The molecule has 7 nitrogen and oxygen atoms in total. The fourth-order valence-corrected chi connectivity index (χ4v) is 3.31. The molecule has 1 unspecified atom stereocenters. The third-order valence-corrected chi connectivity index (χ3v) is 4.93. The molecule has 11 heteroatoms. The van der Waals surface area contributed by atoms with Gasteiger partial charge in [-0.2, -0.15) is 13.2 Å². The van der Waals surface area contributed by atoms with Crippen LogP contribution in [0.1, 0.15) is 30.1 Å². The quantitative estimate of drug-likeness (QED) is 0.699. The first-order chi connectivity index (χ1) is 13.3. The molecule has 0 bridgehead atoms. The molecule has 2 aromatic heterocycles. The fourth-order valence-electron chi connectivity index (χ4n) is 3.15. The average molecular weight is 413 g/mol. The summed E-state index contributed by atoms with van der Waals surface area (Å²) in [4.78, 5) is 25.2. The maximum Gasteiger partial charge on any atom is 0.405 e. The summed E-state index contributed by atoms with van der Waals surface area (Å²) < 4.78 is 37.1. The molecule has 1 amide bonds. The van der Waals surface area contributed by atoms with E-state index in [4.69, 9.17) is 11.6 Å². The topological polar surface area (TPSA) is 91.8 Å². The number of aromatic nitrogens is 3. The van der Waals surface area contributed by atoms with Gasteiger partial charge >= 0.3 is 6.18 Å². The molecular weight excluding hydrogens is 397 g/mol. The largest absolute Gasteiger partial charge is 0.405 e. The van der Waals surface area contributed by atoms with Crippen molar-refractivity contribution in [3.8, 4) is 0 Å². The van der Waals surface area contributed by atoms with Gasteiger partial charge in [-0.15, -0.1) is 0 Å². The number of nitrogens with one attached hydrogen (secondary N) is 3. The first kappa shape index (κ1) is 18.7. The Balaban J connectivity index is 1.50. The molecule has 3 N–H and O–H groups in total. The summed E-state index contributed by atoms with van der Waals surface area (Å²) in [5.74, 6) is 0.743. The molecule has 148 valence electrons. The molecule has 1 fully saturated rings. The van der Waals surface area contributed by atoms with Gasteiger partial charge in [0.25, 0.3) is 0 Å². The van der Waals surface area contributed by atoms with Gasteiger partial charge in [-0.05, 0) is 25.0 Å². The number of hydrogen-bond acceptors (Lipinski definition) is 6. The molecule has 1 saturated carbocycles. The smallest absolute Gasteiger partial charge is 0.369 e. The van der Waals surface area contributed by atoms with Crippen LogP contribution in [0.3, 0.4) is 0 Å². The predicted molar refractivity (Wildman–Crippen MR) is 96.3 cm³/mol. The first-order valence-corrected chi connectivity index (χ1v) is 8.99. The van der Waals surface area contributed by atoms with Gasteiger partial charge in [0.2, 0.25) is 5.91 Å². The summed E-state index contributed by atoms with van der Waals surface area (Å²) in [7, 11) is 0. The number of carbonyl (C=O) groups excluding carboxylic acids is 1. The Hall–Kier alpha value is -2.62. The molecule has 2 aromatic rings. The number of rotatable bonds is 5. The zero-order chi connectivity index (χ0) is 19.9. The van der Waals surface area contributed by atoms with E-state index in [9.17, 15) is 18.0 Å². The SMILES string of the molecule is O=C(NCC(F)(F)F)C1(Nc2ccnc(C3CNc4ncc(Cl)cc43)n2)CC1. The van der Waals surface area contributed by atoms with Crippen molar-refractivity contribution in [2.45, 2.75) is 30.5 Å². The van der Waals surface area contributed by atoms with Gasteiger partial charge in [0.05, 0.1) is 10.9 Å². The van der Waals surface area contributed by atoms with Crippen LogP contribution in [0.15, 0.2) is 24.5 Å². The lowest BCUT2D eigenvalue weighted by Gasteiger charge is -2.19. The van der Waals surface area contributed by atoms with Gasteiger partial charge < -0.3 is 16.0 Å². The number of hydrogen-bond donors (Lipinski definition) is 3. The lowest BCUT2D eigenvalue weighted by Crippen LogP contribution is -2.45. The van der Waals surface area contributed by atoms with E-state index in [1.165, 1.54) is 0 Å². The van der Waals surface area contributed by atoms with E-state index in [-0.39, 0.29) is 5.92 Å². The van der Waals surface area contributed by atoms with Gasteiger partial charge in [0.15, 0.2) is 0 Å². The molecule has 0 radical (unpaired) electrons. The van der Waals surface area contributed by atoms with Crippen LogP contribution in [0.2, 0.25) is 5.02 Å². The Morgan fingerprint density at radius 2 is 2.14 bits per heavy atom. The van der Waals surface area contributed by atoms with E-state index in [0.29, 0.717) is 41.9 Å². The Morgan fingerprint density at radius 3 is 2.86 bits per heavy atom. The highest BCUT2D eigenvalue weighted by molar-refractivity contribution is 6.30. The molecule has 28 heavy (non-hydrogen) atoms. The van der Waals surface area contributed by atoms with Crippen molar-refractivity contribution in [3.05, 3.63) is 40.9 Å². The summed E-state index contributed by atoms with van der Waals surface area (Å²) >= 11 is 6.03. The summed E-state index contributed by atoms with van der Waals surface area (Å²) in [6, 6.07) is 3.38. The number of fused-ring (bicyclic) bond motifs is 1. The molecule has 0 saturated heterocycles. The van der Waals surface area contributed by atoms with E-state index in [1.807, 2.05) is 5.32 Å². The highest BCUT2D eigenvalue weighted by Crippen LogP contribution is 2.40. The highest BCUT2D eigenvalue weighted by Gasteiger charge is 2.51. The van der Waals surface area contributed by atoms with Gasteiger partial charge in [0, 0.05) is 24.5 Å². The number of halogens is 4. The van der Waals surface area contributed by atoms with Crippen molar-refractivity contribution >= 4 is 29.1 Å². The Morgan fingerprint density at radius 1 is 1.36 bits per heavy atom. The Bertz CT molecular complexity index is 918. The lowest BCUT2D eigenvalue weighted by molar-refractivity contribution is -0.139. The maximum atomic E-state index is 12.4. The van der Waals surface area contributed by atoms with Gasteiger partial charge in [0.1, 0.15) is 29.5 Å². The van der Waals surface area contributed by atoms with Crippen molar-refractivity contribution in [2.24, 2.45) is 0 Å². The van der Waals surface area contributed by atoms with Gasteiger partial charge in [-0.3, -0.25) is 4.79 Å². The number of pyridine rings is 1. The van der Waals surface area contributed by atoms with Crippen LogP contribution in [-0.2, 0) is 4.79 Å². The number of carbonyl (C=O) groups is 1. The Labute approximate surface area is 163 Å². The van der Waals surface area contributed by atoms with E-state index in [0.717, 1.165) is 5.56 Å². The number of alkyl halides is 3. The third kappa shape index (κ3) is 3.82. The molecule has 4 rings (SSSR count). The van der Waals surface area contributed by atoms with Crippen molar-refractivity contribution in [1.29, 1.82) is 0 Å². The molecule has 1 atom stereocenters. The van der Waals surface area contributed by atoms with Crippen LogP contribution < -0.4 is 16.0 Å². The molecule has 1 aliphatic carbocycles. The minimum absolute atomic E-state index is 0.169.